The fourth-order valence-corrected chi connectivity index (χ4v) is 4.12. The molecule has 0 spiro atoms. The number of rotatable bonds is 3. The maximum atomic E-state index is 11.9. The summed E-state index contributed by atoms with van der Waals surface area (Å²) in [6.07, 6.45) is 1.25. The van der Waals surface area contributed by atoms with E-state index in [0.717, 1.165) is 11.3 Å². The van der Waals surface area contributed by atoms with E-state index in [2.05, 4.69) is 30.8 Å². The monoisotopic (exact) mass is 332 g/mol. The number of hydrogen-bond donors (Lipinski definition) is 2. The highest BCUT2D eigenvalue weighted by Crippen LogP contribution is 2.27. The van der Waals surface area contributed by atoms with E-state index >= 15 is 0 Å². The normalized spacial score (nSPS) is 11.1. The zero-order valence-corrected chi connectivity index (χ0v) is 11.4. The molecule has 0 amide bonds. The van der Waals surface area contributed by atoms with E-state index in [9.17, 15) is 8.42 Å². The molecule has 0 radical (unpaired) electrons. The average Bonchev–Trinajstić information content (AvgIpc) is 2.86. The van der Waals surface area contributed by atoms with Gasteiger partial charge < -0.3 is 0 Å². The van der Waals surface area contributed by atoms with Gasteiger partial charge in [-0.2, -0.15) is 10.4 Å². The van der Waals surface area contributed by atoms with Gasteiger partial charge in [0.1, 0.15) is 15.8 Å². The Morgan fingerprint density at radius 3 is 2.88 bits per heavy atom. The van der Waals surface area contributed by atoms with Crippen molar-refractivity contribution in [1.29, 1.82) is 5.26 Å². The summed E-state index contributed by atoms with van der Waals surface area (Å²) in [6, 6.07) is 4.94. The Morgan fingerprint density at radius 1 is 1.53 bits per heavy atom. The summed E-state index contributed by atoms with van der Waals surface area (Å²) in [5.41, 5.74) is 0.143. The number of aromatic amines is 1. The van der Waals surface area contributed by atoms with Gasteiger partial charge in [0.25, 0.3) is 10.0 Å². The van der Waals surface area contributed by atoms with Crippen molar-refractivity contribution in [3.8, 4) is 6.07 Å². The van der Waals surface area contributed by atoms with Crippen LogP contribution in [-0.2, 0) is 10.0 Å². The molecule has 0 aliphatic heterocycles. The topological polar surface area (TPSA) is 98.6 Å². The molecule has 9 heteroatoms. The van der Waals surface area contributed by atoms with Gasteiger partial charge >= 0.3 is 0 Å². The molecule has 17 heavy (non-hydrogen) atoms. The molecule has 0 bridgehead atoms. The molecule has 2 N–H and O–H groups in total. The van der Waals surface area contributed by atoms with Crippen molar-refractivity contribution in [2.75, 3.05) is 4.72 Å². The second-order valence-corrected chi connectivity index (χ2v) is 7.31. The fraction of sp³-hybridized carbons (Fsp3) is 0. The van der Waals surface area contributed by atoms with Gasteiger partial charge in [-0.1, -0.05) is 0 Å². The highest BCUT2D eigenvalue weighted by Gasteiger charge is 2.19. The van der Waals surface area contributed by atoms with E-state index in [1.54, 1.807) is 6.07 Å². The predicted octanol–water partition coefficient (Wildman–Crippen LogP) is 1.91. The lowest BCUT2D eigenvalue weighted by atomic mass is 10.4. The molecule has 0 saturated heterocycles. The smallest absolute Gasteiger partial charge is 0.262 e. The summed E-state index contributed by atoms with van der Waals surface area (Å²) >= 11 is 4.26. The Kier molecular flexibility index (Phi) is 3.19. The summed E-state index contributed by atoms with van der Waals surface area (Å²) in [6.45, 7) is 0. The lowest BCUT2D eigenvalue weighted by molar-refractivity contribution is 0.603. The minimum absolute atomic E-state index is 0.0667. The van der Waals surface area contributed by atoms with Crippen LogP contribution in [0.2, 0.25) is 0 Å². The largest absolute Gasteiger partial charge is 0.272 e. The van der Waals surface area contributed by atoms with Gasteiger partial charge in [0, 0.05) is 0 Å². The van der Waals surface area contributed by atoms with Gasteiger partial charge in [-0.25, -0.2) is 8.42 Å². The Balaban J connectivity index is 2.34. The number of thiophene rings is 1. The summed E-state index contributed by atoms with van der Waals surface area (Å²) < 4.78 is 26.9. The van der Waals surface area contributed by atoms with Crippen LogP contribution in [0.15, 0.2) is 26.3 Å². The number of sulfonamides is 1. The van der Waals surface area contributed by atoms with Crippen molar-refractivity contribution in [1.82, 2.24) is 10.2 Å². The highest BCUT2D eigenvalue weighted by atomic mass is 79.9. The van der Waals surface area contributed by atoms with Crippen LogP contribution in [0.3, 0.4) is 0 Å². The summed E-state index contributed by atoms with van der Waals surface area (Å²) in [7, 11) is -3.68. The summed E-state index contributed by atoms with van der Waals surface area (Å²) in [5.74, 6) is 0.0667. The summed E-state index contributed by atoms with van der Waals surface area (Å²) in [4.78, 5) is 0. The van der Waals surface area contributed by atoms with Crippen LogP contribution in [0.1, 0.15) is 5.56 Å². The third kappa shape index (κ3) is 2.49. The van der Waals surface area contributed by atoms with Crippen LogP contribution < -0.4 is 4.72 Å². The zero-order valence-electron chi connectivity index (χ0n) is 8.14. The Hall–Kier alpha value is -1.37. The second-order valence-electron chi connectivity index (χ2n) is 2.93. The SMILES string of the molecule is N#Cc1cn[nH]c1NS(=O)(=O)c1ccc(Br)s1. The number of hydrogen-bond acceptors (Lipinski definition) is 5. The first-order chi connectivity index (χ1) is 8.03. The maximum absolute atomic E-state index is 11.9. The van der Waals surface area contributed by atoms with Crippen LogP contribution in [0, 0.1) is 11.3 Å². The molecule has 88 valence electrons. The van der Waals surface area contributed by atoms with Gasteiger partial charge in [0.05, 0.1) is 9.98 Å². The van der Waals surface area contributed by atoms with E-state index < -0.39 is 10.0 Å². The van der Waals surface area contributed by atoms with Crippen molar-refractivity contribution in [2.45, 2.75) is 4.21 Å². The number of nitriles is 1. The number of nitrogens with one attached hydrogen (secondary N) is 2. The molecule has 2 aromatic rings. The molecule has 0 saturated carbocycles. The molecule has 0 aliphatic carbocycles. The van der Waals surface area contributed by atoms with Crippen LogP contribution in [0.4, 0.5) is 5.82 Å². The molecule has 0 unspecified atom stereocenters. The number of aromatic nitrogens is 2. The van der Waals surface area contributed by atoms with E-state index in [0.29, 0.717) is 3.79 Å². The van der Waals surface area contributed by atoms with Gasteiger partial charge in [-0.3, -0.25) is 9.82 Å². The molecular weight excluding hydrogens is 328 g/mol. The Morgan fingerprint density at radius 2 is 2.29 bits per heavy atom. The van der Waals surface area contributed by atoms with Crippen molar-refractivity contribution in [3.63, 3.8) is 0 Å². The van der Waals surface area contributed by atoms with Gasteiger partial charge in [0.15, 0.2) is 5.82 Å². The fourth-order valence-electron chi connectivity index (χ4n) is 1.08. The van der Waals surface area contributed by atoms with Crippen LogP contribution in [0.25, 0.3) is 0 Å². The molecule has 0 aliphatic rings. The number of halogens is 1. The van der Waals surface area contributed by atoms with Crippen molar-refractivity contribution in [2.24, 2.45) is 0 Å². The molecular formula is C8H5BrN4O2S2. The molecule has 2 heterocycles. The molecule has 0 atom stereocenters. The molecule has 0 fully saturated rings. The predicted molar refractivity (Wildman–Crippen MR) is 66.1 cm³/mol. The molecule has 0 aromatic carbocycles. The van der Waals surface area contributed by atoms with E-state index in [-0.39, 0.29) is 15.6 Å². The quantitative estimate of drug-likeness (QED) is 0.896. The third-order valence-corrected chi connectivity index (χ3v) is 5.27. The molecule has 2 aromatic heterocycles. The molecule has 2 rings (SSSR count). The number of nitrogens with zero attached hydrogens (tertiary/aromatic N) is 2. The number of H-pyrrole nitrogens is 1. The zero-order chi connectivity index (χ0) is 12.5. The molecule has 6 nitrogen and oxygen atoms in total. The lowest BCUT2D eigenvalue weighted by Gasteiger charge is -2.03. The maximum Gasteiger partial charge on any atom is 0.272 e. The minimum atomic E-state index is -3.68. The van der Waals surface area contributed by atoms with Crippen LogP contribution in [-0.4, -0.2) is 18.6 Å². The van der Waals surface area contributed by atoms with E-state index in [1.165, 1.54) is 12.3 Å². The second kappa shape index (κ2) is 4.48. The van der Waals surface area contributed by atoms with Crippen molar-refractivity contribution >= 4 is 43.1 Å². The number of anilines is 1. The summed E-state index contributed by atoms with van der Waals surface area (Å²) in [5, 5.41) is 14.7. The van der Waals surface area contributed by atoms with Crippen LogP contribution in [0.5, 0.6) is 0 Å². The van der Waals surface area contributed by atoms with Crippen molar-refractivity contribution < 1.29 is 8.42 Å². The first kappa shape index (κ1) is 12.1. The van der Waals surface area contributed by atoms with Gasteiger partial charge in [0.2, 0.25) is 0 Å². The van der Waals surface area contributed by atoms with Gasteiger partial charge in [-0.15, -0.1) is 11.3 Å². The van der Waals surface area contributed by atoms with Crippen molar-refractivity contribution in [3.05, 3.63) is 27.7 Å². The van der Waals surface area contributed by atoms with E-state index in [4.69, 9.17) is 5.26 Å². The van der Waals surface area contributed by atoms with Gasteiger partial charge in [-0.05, 0) is 28.1 Å². The first-order valence-corrected chi connectivity index (χ1v) is 7.34. The van der Waals surface area contributed by atoms with E-state index in [1.807, 2.05) is 6.07 Å². The highest BCUT2D eigenvalue weighted by molar-refractivity contribution is 9.11. The first-order valence-electron chi connectivity index (χ1n) is 4.24. The standard InChI is InChI=1S/C8H5BrN4O2S2/c9-6-1-2-7(16-6)17(14,15)13-8-5(3-10)4-11-12-8/h1-2,4H,(H2,11,12,13). The lowest BCUT2D eigenvalue weighted by Crippen LogP contribution is -2.12. The Labute approximate surface area is 109 Å². The minimum Gasteiger partial charge on any atom is -0.262 e. The van der Waals surface area contributed by atoms with Crippen LogP contribution >= 0.6 is 27.3 Å². The third-order valence-electron chi connectivity index (χ3n) is 1.81. The average molecular weight is 333 g/mol. The Bertz CT molecular complexity index is 682.